The Labute approximate surface area is 136 Å². The molecule has 1 aliphatic heterocycles. The summed E-state index contributed by atoms with van der Waals surface area (Å²) in [7, 11) is 0. The highest BCUT2D eigenvalue weighted by Crippen LogP contribution is 2.19. The van der Waals surface area contributed by atoms with Gasteiger partial charge in [-0.05, 0) is 31.8 Å². The van der Waals surface area contributed by atoms with Crippen molar-refractivity contribution < 1.29 is 9.59 Å². The lowest BCUT2D eigenvalue weighted by Gasteiger charge is -2.31. The Morgan fingerprint density at radius 1 is 1.39 bits per heavy atom. The molecular weight excluding hydrogens is 294 g/mol. The van der Waals surface area contributed by atoms with Gasteiger partial charge >= 0.3 is 0 Å². The average molecular weight is 319 g/mol. The molecule has 2 fully saturated rings. The summed E-state index contributed by atoms with van der Waals surface area (Å²) in [6.07, 6.45) is 7.82. The molecule has 2 amide bonds. The second-order valence-electron chi connectivity index (χ2n) is 6.67. The molecular formula is C16H25N5O2. The van der Waals surface area contributed by atoms with Crippen LogP contribution in [-0.2, 0) is 16.1 Å². The molecule has 3 N–H and O–H groups in total. The Hall–Kier alpha value is -1.89. The summed E-state index contributed by atoms with van der Waals surface area (Å²) in [6.45, 7) is 3.93. The van der Waals surface area contributed by atoms with Crippen molar-refractivity contribution in [3.8, 4) is 0 Å². The predicted molar refractivity (Wildman–Crippen MR) is 86.8 cm³/mol. The first-order valence-corrected chi connectivity index (χ1v) is 8.45. The Balaban J connectivity index is 1.47. The van der Waals surface area contributed by atoms with Crippen molar-refractivity contribution in [3.05, 3.63) is 12.4 Å². The lowest BCUT2D eigenvalue weighted by atomic mass is 9.88. The maximum atomic E-state index is 12.2. The molecule has 0 radical (unpaired) electrons. The molecule has 7 heteroatoms. The number of hydrogen-bond donors (Lipinski definition) is 3. The van der Waals surface area contributed by atoms with Crippen molar-refractivity contribution in [2.24, 2.45) is 11.8 Å². The molecule has 23 heavy (non-hydrogen) atoms. The number of aromatic nitrogens is 2. The number of nitrogens with zero attached hydrogens (tertiary/aromatic N) is 2. The van der Waals surface area contributed by atoms with E-state index in [4.69, 9.17) is 0 Å². The van der Waals surface area contributed by atoms with Gasteiger partial charge < -0.3 is 16.0 Å². The SMILES string of the molecule is CC(C(=O)Nc1cnn(CC(=O)NC2CCCC2)c1)C1CNC1. The van der Waals surface area contributed by atoms with Crippen LogP contribution in [0.3, 0.4) is 0 Å². The molecule has 126 valence electrons. The van der Waals surface area contributed by atoms with Crippen molar-refractivity contribution in [1.29, 1.82) is 0 Å². The van der Waals surface area contributed by atoms with E-state index in [1.54, 1.807) is 17.1 Å². The molecule has 2 aliphatic rings. The fourth-order valence-corrected chi connectivity index (χ4v) is 3.14. The first-order chi connectivity index (χ1) is 11.1. The highest BCUT2D eigenvalue weighted by molar-refractivity contribution is 5.92. The molecule has 1 aromatic rings. The quantitative estimate of drug-likeness (QED) is 0.721. The van der Waals surface area contributed by atoms with E-state index in [-0.39, 0.29) is 24.3 Å². The van der Waals surface area contributed by atoms with Crippen LogP contribution in [-0.4, -0.2) is 40.7 Å². The first-order valence-electron chi connectivity index (χ1n) is 8.45. The first kappa shape index (κ1) is 16.0. The molecule has 1 saturated heterocycles. The number of carbonyl (C=O) groups excluding carboxylic acids is 2. The topological polar surface area (TPSA) is 88.0 Å². The summed E-state index contributed by atoms with van der Waals surface area (Å²) in [6, 6.07) is 0.314. The largest absolute Gasteiger partial charge is 0.352 e. The van der Waals surface area contributed by atoms with Crippen LogP contribution in [0.5, 0.6) is 0 Å². The third kappa shape index (κ3) is 4.10. The van der Waals surface area contributed by atoms with Gasteiger partial charge in [0.05, 0.1) is 11.9 Å². The maximum Gasteiger partial charge on any atom is 0.241 e. The molecule has 0 spiro atoms. The second-order valence-corrected chi connectivity index (χ2v) is 6.67. The number of carbonyl (C=O) groups is 2. The van der Waals surface area contributed by atoms with Gasteiger partial charge in [0.15, 0.2) is 0 Å². The Morgan fingerprint density at radius 3 is 2.78 bits per heavy atom. The van der Waals surface area contributed by atoms with Gasteiger partial charge in [0, 0.05) is 18.2 Å². The van der Waals surface area contributed by atoms with Gasteiger partial charge in [-0.3, -0.25) is 14.3 Å². The van der Waals surface area contributed by atoms with Crippen molar-refractivity contribution in [2.45, 2.75) is 45.2 Å². The van der Waals surface area contributed by atoms with E-state index in [0.29, 0.717) is 17.6 Å². The van der Waals surface area contributed by atoms with Gasteiger partial charge in [-0.2, -0.15) is 5.10 Å². The van der Waals surface area contributed by atoms with Crippen LogP contribution >= 0.6 is 0 Å². The molecule has 2 heterocycles. The van der Waals surface area contributed by atoms with Crippen molar-refractivity contribution in [1.82, 2.24) is 20.4 Å². The van der Waals surface area contributed by atoms with E-state index in [1.807, 2.05) is 6.92 Å². The summed E-state index contributed by atoms with van der Waals surface area (Å²) in [5.74, 6) is 0.366. The molecule has 1 aliphatic carbocycles. The van der Waals surface area contributed by atoms with Gasteiger partial charge in [0.2, 0.25) is 11.8 Å². The summed E-state index contributed by atoms with van der Waals surface area (Å²) in [5, 5.41) is 13.2. The summed E-state index contributed by atoms with van der Waals surface area (Å²) in [5.41, 5.74) is 0.641. The Kier molecular flexibility index (Phi) is 4.95. The van der Waals surface area contributed by atoms with Crippen LogP contribution in [0, 0.1) is 11.8 Å². The van der Waals surface area contributed by atoms with Gasteiger partial charge in [-0.1, -0.05) is 19.8 Å². The third-order valence-corrected chi connectivity index (χ3v) is 4.86. The van der Waals surface area contributed by atoms with Crippen LogP contribution in [0.4, 0.5) is 5.69 Å². The summed E-state index contributed by atoms with van der Waals surface area (Å²) >= 11 is 0. The fraction of sp³-hybridized carbons (Fsp3) is 0.688. The van der Waals surface area contributed by atoms with Crippen LogP contribution in [0.2, 0.25) is 0 Å². The third-order valence-electron chi connectivity index (χ3n) is 4.86. The second kappa shape index (κ2) is 7.12. The highest BCUT2D eigenvalue weighted by atomic mass is 16.2. The number of amides is 2. The average Bonchev–Trinajstić information content (AvgIpc) is 3.09. The number of nitrogens with one attached hydrogen (secondary N) is 3. The monoisotopic (exact) mass is 319 g/mol. The molecule has 1 unspecified atom stereocenters. The molecule has 1 saturated carbocycles. The molecule has 0 aromatic carbocycles. The van der Waals surface area contributed by atoms with Crippen LogP contribution in [0.1, 0.15) is 32.6 Å². The van der Waals surface area contributed by atoms with E-state index in [1.165, 1.54) is 12.8 Å². The zero-order valence-electron chi connectivity index (χ0n) is 13.5. The lowest BCUT2D eigenvalue weighted by molar-refractivity contribution is -0.122. The Morgan fingerprint density at radius 2 is 2.13 bits per heavy atom. The zero-order valence-corrected chi connectivity index (χ0v) is 13.5. The summed E-state index contributed by atoms with van der Waals surface area (Å²) in [4.78, 5) is 24.1. The highest BCUT2D eigenvalue weighted by Gasteiger charge is 2.28. The van der Waals surface area contributed by atoms with E-state index >= 15 is 0 Å². The minimum Gasteiger partial charge on any atom is -0.352 e. The molecule has 7 nitrogen and oxygen atoms in total. The minimum absolute atomic E-state index is 0.00598. The van der Waals surface area contributed by atoms with Gasteiger partial charge in [0.25, 0.3) is 0 Å². The van der Waals surface area contributed by atoms with E-state index in [2.05, 4.69) is 21.0 Å². The molecule has 0 bridgehead atoms. The standard InChI is InChI=1S/C16H25N5O2/c1-11(12-6-17-7-12)16(23)20-14-8-18-21(9-14)10-15(22)19-13-4-2-3-5-13/h8-9,11-13,17H,2-7,10H2,1H3,(H,19,22)(H,20,23). The maximum absolute atomic E-state index is 12.2. The predicted octanol–water partition coefficient (Wildman–Crippen LogP) is 0.736. The molecule has 3 rings (SSSR count). The van der Waals surface area contributed by atoms with Crippen molar-refractivity contribution >= 4 is 17.5 Å². The van der Waals surface area contributed by atoms with Crippen LogP contribution < -0.4 is 16.0 Å². The summed E-state index contributed by atoms with van der Waals surface area (Å²) < 4.78 is 1.56. The Bertz CT molecular complexity index is 561. The van der Waals surface area contributed by atoms with E-state index in [9.17, 15) is 9.59 Å². The zero-order chi connectivity index (χ0) is 16.2. The number of rotatable bonds is 6. The minimum atomic E-state index is -0.0229. The van der Waals surface area contributed by atoms with Gasteiger partial charge in [-0.15, -0.1) is 0 Å². The fourth-order valence-electron chi connectivity index (χ4n) is 3.14. The number of hydrogen-bond acceptors (Lipinski definition) is 4. The van der Waals surface area contributed by atoms with E-state index < -0.39 is 0 Å². The van der Waals surface area contributed by atoms with Gasteiger partial charge in [-0.25, -0.2) is 0 Å². The van der Waals surface area contributed by atoms with Crippen LogP contribution in [0.25, 0.3) is 0 Å². The van der Waals surface area contributed by atoms with Gasteiger partial charge in [0.1, 0.15) is 6.54 Å². The molecule has 1 atom stereocenters. The number of anilines is 1. The lowest BCUT2D eigenvalue weighted by Crippen LogP contribution is -2.48. The van der Waals surface area contributed by atoms with Crippen molar-refractivity contribution in [2.75, 3.05) is 18.4 Å². The van der Waals surface area contributed by atoms with Crippen LogP contribution in [0.15, 0.2) is 12.4 Å². The smallest absolute Gasteiger partial charge is 0.241 e. The molecule has 1 aromatic heterocycles. The van der Waals surface area contributed by atoms with E-state index in [0.717, 1.165) is 25.9 Å². The normalized spacial score (nSPS) is 20.0. The van der Waals surface area contributed by atoms with Crippen molar-refractivity contribution in [3.63, 3.8) is 0 Å².